The maximum absolute atomic E-state index is 12.9. The topological polar surface area (TPSA) is 101 Å². The van der Waals surface area contributed by atoms with Crippen molar-refractivity contribution < 1.29 is 22.4 Å². The molecule has 1 unspecified atom stereocenters. The lowest BCUT2D eigenvalue weighted by Crippen LogP contribution is -2.43. The van der Waals surface area contributed by atoms with Gasteiger partial charge < -0.3 is 14.5 Å². The highest BCUT2D eigenvalue weighted by molar-refractivity contribution is 7.89. The monoisotopic (exact) mass is 435 g/mol. The quantitative estimate of drug-likeness (QED) is 0.689. The molecule has 1 amide bonds. The Hall–Kier alpha value is -2.20. The normalized spacial score (nSPS) is 16.4. The molecule has 0 spiro atoms. The SMILES string of the molecule is CNS(=O)(=O)c1cc(C(=O)NCC(c2ccc(C)o2)N2CCOCC2)cc(C)c1C. The third-order valence-corrected chi connectivity index (χ3v) is 7.01. The Bertz CT molecular complexity index is 1010. The summed E-state index contributed by atoms with van der Waals surface area (Å²) in [5, 5.41) is 2.95. The molecule has 2 aromatic rings. The van der Waals surface area contributed by atoms with Crippen LogP contribution in [0.15, 0.2) is 33.6 Å². The average Bonchev–Trinajstić information content (AvgIpc) is 3.16. The summed E-state index contributed by atoms with van der Waals surface area (Å²) in [5.41, 5.74) is 1.67. The lowest BCUT2D eigenvalue weighted by Gasteiger charge is -2.33. The molecule has 8 nitrogen and oxygen atoms in total. The van der Waals surface area contributed by atoms with E-state index in [0.717, 1.165) is 30.2 Å². The summed E-state index contributed by atoms with van der Waals surface area (Å²) in [5.74, 6) is 1.27. The number of hydrogen-bond donors (Lipinski definition) is 2. The third kappa shape index (κ3) is 4.92. The van der Waals surface area contributed by atoms with Crippen LogP contribution in [-0.2, 0) is 14.8 Å². The molecule has 1 saturated heterocycles. The first-order valence-electron chi connectivity index (χ1n) is 9.94. The fourth-order valence-corrected chi connectivity index (χ4v) is 4.64. The molecule has 0 saturated carbocycles. The van der Waals surface area contributed by atoms with Gasteiger partial charge in [0.05, 0.1) is 24.2 Å². The number of carbonyl (C=O) groups is 1. The molecule has 164 valence electrons. The van der Waals surface area contributed by atoms with Gasteiger partial charge in [-0.2, -0.15) is 0 Å². The number of carbonyl (C=O) groups excluding carboxylic acids is 1. The summed E-state index contributed by atoms with van der Waals surface area (Å²) in [4.78, 5) is 15.2. The summed E-state index contributed by atoms with van der Waals surface area (Å²) in [6.07, 6.45) is 0. The van der Waals surface area contributed by atoms with Gasteiger partial charge in [0.2, 0.25) is 10.0 Å². The third-order valence-electron chi connectivity index (χ3n) is 5.47. The molecule has 1 aromatic heterocycles. The number of nitrogens with one attached hydrogen (secondary N) is 2. The van der Waals surface area contributed by atoms with Crippen molar-refractivity contribution in [2.24, 2.45) is 0 Å². The van der Waals surface area contributed by atoms with Crippen LogP contribution in [0.1, 0.15) is 39.0 Å². The first-order valence-corrected chi connectivity index (χ1v) is 11.4. The van der Waals surface area contributed by atoms with E-state index in [1.807, 2.05) is 19.1 Å². The Morgan fingerprint density at radius 1 is 1.17 bits per heavy atom. The zero-order valence-corrected chi connectivity index (χ0v) is 18.6. The van der Waals surface area contributed by atoms with Crippen molar-refractivity contribution in [1.82, 2.24) is 14.9 Å². The average molecular weight is 436 g/mol. The molecule has 1 aliphatic heterocycles. The van der Waals surface area contributed by atoms with Gasteiger partial charge in [0, 0.05) is 25.2 Å². The molecule has 1 aromatic carbocycles. The summed E-state index contributed by atoms with van der Waals surface area (Å²) in [7, 11) is -2.31. The number of benzene rings is 1. The van der Waals surface area contributed by atoms with Crippen molar-refractivity contribution in [2.75, 3.05) is 39.9 Å². The maximum Gasteiger partial charge on any atom is 0.251 e. The van der Waals surface area contributed by atoms with Crippen molar-refractivity contribution in [1.29, 1.82) is 0 Å². The number of rotatable bonds is 7. The van der Waals surface area contributed by atoms with Crippen LogP contribution in [0.4, 0.5) is 0 Å². The summed E-state index contributed by atoms with van der Waals surface area (Å²) in [6.45, 7) is 8.50. The molecule has 2 heterocycles. The van der Waals surface area contributed by atoms with Crippen molar-refractivity contribution in [2.45, 2.75) is 31.7 Å². The number of furan rings is 1. The number of sulfonamides is 1. The van der Waals surface area contributed by atoms with Crippen LogP contribution < -0.4 is 10.0 Å². The first-order chi connectivity index (χ1) is 14.2. The lowest BCUT2D eigenvalue weighted by molar-refractivity contribution is 0.0117. The molecule has 0 bridgehead atoms. The van der Waals surface area contributed by atoms with E-state index in [1.54, 1.807) is 19.9 Å². The van der Waals surface area contributed by atoms with Crippen LogP contribution in [0.5, 0.6) is 0 Å². The van der Waals surface area contributed by atoms with Gasteiger partial charge >= 0.3 is 0 Å². The number of hydrogen-bond acceptors (Lipinski definition) is 6. The summed E-state index contributed by atoms with van der Waals surface area (Å²) >= 11 is 0. The van der Waals surface area contributed by atoms with Gasteiger partial charge in [0.15, 0.2) is 0 Å². The summed E-state index contributed by atoms with van der Waals surface area (Å²) < 4.78 is 38.3. The van der Waals surface area contributed by atoms with Gasteiger partial charge in [-0.1, -0.05) is 0 Å². The number of aryl methyl sites for hydroxylation is 2. The standard InChI is InChI=1S/C21H29N3O5S/c1-14-11-17(12-20(16(14)3)30(26,27)22-4)21(25)23-13-18(19-6-5-15(2)29-19)24-7-9-28-10-8-24/h5-6,11-12,18,22H,7-10,13H2,1-4H3,(H,23,25). The second-order valence-corrected chi connectivity index (χ2v) is 9.30. The highest BCUT2D eigenvalue weighted by Crippen LogP contribution is 2.24. The van der Waals surface area contributed by atoms with Crippen LogP contribution in [0, 0.1) is 20.8 Å². The molecular weight excluding hydrogens is 406 g/mol. The van der Waals surface area contributed by atoms with E-state index >= 15 is 0 Å². The molecule has 0 radical (unpaired) electrons. The fraction of sp³-hybridized carbons (Fsp3) is 0.476. The molecule has 1 fully saturated rings. The largest absolute Gasteiger partial charge is 0.465 e. The van der Waals surface area contributed by atoms with Crippen LogP contribution in [0.2, 0.25) is 0 Å². The molecule has 30 heavy (non-hydrogen) atoms. The van der Waals surface area contributed by atoms with Crippen molar-refractivity contribution in [3.05, 3.63) is 52.5 Å². The molecule has 2 N–H and O–H groups in total. The van der Waals surface area contributed by atoms with Crippen LogP contribution in [0.3, 0.4) is 0 Å². The summed E-state index contributed by atoms with van der Waals surface area (Å²) in [6, 6.07) is 6.83. The molecular formula is C21H29N3O5S. The van der Waals surface area contributed by atoms with E-state index in [2.05, 4.69) is 14.9 Å². The number of amides is 1. The Kier molecular flexibility index (Phi) is 6.97. The van der Waals surface area contributed by atoms with Gasteiger partial charge in [-0.3, -0.25) is 9.69 Å². The van der Waals surface area contributed by atoms with Gasteiger partial charge in [0.25, 0.3) is 5.91 Å². The molecule has 9 heteroatoms. The van der Waals surface area contributed by atoms with E-state index < -0.39 is 10.0 Å². The van der Waals surface area contributed by atoms with Crippen molar-refractivity contribution in [3.63, 3.8) is 0 Å². The van der Waals surface area contributed by atoms with E-state index in [4.69, 9.17) is 9.15 Å². The highest BCUT2D eigenvalue weighted by atomic mass is 32.2. The van der Waals surface area contributed by atoms with E-state index in [1.165, 1.54) is 13.1 Å². The zero-order valence-electron chi connectivity index (χ0n) is 17.8. The van der Waals surface area contributed by atoms with Gasteiger partial charge in [-0.15, -0.1) is 0 Å². The van der Waals surface area contributed by atoms with Crippen LogP contribution >= 0.6 is 0 Å². The van der Waals surface area contributed by atoms with Gasteiger partial charge in [-0.05, 0) is 63.2 Å². The lowest BCUT2D eigenvalue weighted by atomic mass is 10.1. The Balaban J connectivity index is 1.82. The van der Waals surface area contributed by atoms with E-state index in [9.17, 15) is 13.2 Å². The van der Waals surface area contributed by atoms with Crippen LogP contribution in [-0.4, -0.2) is 59.1 Å². The highest BCUT2D eigenvalue weighted by Gasteiger charge is 2.26. The first kappa shape index (κ1) is 22.5. The minimum Gasteiger partial charge on any atom is -0.465 e. The zero-order chi connectivity index (χ0) is 21.9. The minimum atomic E-state index is -3.66. The van der Waals surface area contributed by atoms with Crippen molar-refractivity contribution >= 4 is 15.9 Å². The van der Waals surface area contributed by atoms with E-state index in [0.29, 0.717) is 30.9 Å². The second-order valence-electron chi connectivity index (χ2n) is 7.45. The van der Waals surface area contributed by atoms with E-state index in [-0.39, 0.29) is 16.8 Å². The smallest absolute Gasteiger partial charge is 0.251 e. The number of ether oxygens (including phenoxy) is 1. The number of nitrogens with zero attached hydrogens (tertiary/aromatic N) is 1. The molecule has 0 aliphatic carbocycles. The van der Waals surface area contributed by atoms with Gasteiger partial charge in [-0.25, -0.2) is 13.1 Å². The molecule has 3 rings (SSSR count). The van der Waals surface area contributed by atoms with Gasteiger partial charge in [0.1, 0.15) is 11.5 Å². The minimum absolute atomic E-state index is 0.113. The molecule has 1 atom stereocenters. The second kappa shape index (κ2) is 9.30. The molecule has 1 aliphatic rings. The number of morpholine rings is 1. The maximum atomic E-state index is 12.9. The Morgan fingerprint density at radius 3 is 2.47 bits per heavy atom. The Labute approximate surface area is 177 Å². The fourth-order valence-electron chi connectivity index (χ4n) is 3.57. The predicted octanol–water partition coefficient (Wildman–Crippen LogP) is 1.92. The van der Waals surface area contributed by atoms with Crippen LogP contribution in [0.25, 0.3) is 0 Å². The Morgan fingerprint density at radius 2 is 1.87 bits per heavy atom. The van der Waals surface area contributed by atoms with Crippen molar-refractivity contribution in [3.8, 4) is 0 Å². The predicted molar refractivity (Wildman–Crippen MR) is 113 cm³/mol.